The van der Waals surface area contributed by atoms with Gasteiger partial charge in [0.15, 0.2) is 0 Å². The molecule has 206 valence electrons. The van der Waals surface area contributed by atoms with Crippen LogP contribution >= 0.6 is 0 Å². The Morgan fingerprint density at radius 3 is 2.17 bits per heavy atom. The molecule has 36 heavy (non-hydrogen) atoms. The highest BCUT2D eigenvalue weighted by Crippen LogP contribution is 2.67. The maximum absolute atomic E-state index is 12.2. The molecule has 4 rings (SSSR count). The maximum Gasteiger partial charge on any atom is 0.320 e. The summed E-state index contributed by atoms with van der Waals surface area (Å²) in [5.41, 5.74) is 0.422. The van der Waals surface area contributed by atoms with Gasteiger partial charge in [-0.05, 0) is 119 Å². The predicted molar refractivity (Wildman–Crippen MR) is 141 cm³/mol. The second-order valence-electron chi connectivity index (χ2n) is 13.9. The van der Waals surface area contributed by atoms with Gasteiger partial charge >= 0.3 is 11.9 Å². The first-order valence-electron chi connectivity index (χ1n) is 14.3. The Morgan fingerprint density at radius 2 is 1.56 bits per heavy atom. The minimum atomic E-state index is -0.997. The van der Waals surface area contributed by atoms with Crippen molar-refractivity contribution in [2.24, 2.45) is 46.3 Å². The Labute approximate surface area is 218 Å². The molecular formula is C30H51NO5. The van der Waals surface area contributed by atoms with Crippen LogP contribution in [0.15, 0.2) is 0 Å². The smallest absolute Gasteiger partial charge is 0.320 e. The molecule has 0 heterocycles. The lowest BCUT2D eigenvalue weighted by Crippen LogP contribution is -2.53. The van der Waals surface area contributed by atoms with E-state index < -0.39 is 17.5 Å². The van der Waals surface area contributed by atoms with Crippen molar-refractivity contribution in [3.05, 3.63) is 0 Å². The summed E-state index contributed by atoms with van der Waals surface area (Å²) in [5, 5.41) is 10.7. The van der Waals surface area contributed by atoms with E-state index in [4.69, 9.17) is 9.84 Å². The average molecular weight is 506 g/mol. The van der Waals surface area contributed by atoms with Crippen molar-refractivity contribution < 1.29 is 24.2 Å². The highest BCUT2D eigenvalue weighted by atomic mass is 16.6. The third-order valence-electron chi connectivity index (χ3n) is 10.4. The summed E-state index contributed by atoms with van der Waals surface area (Å²) in [7, 11) is 0. The lowest BCUT2D eigenvalue weighted by atomic mass is 9.44. The van der Waals surface area contributed by atoms with Crippen molar-refractivity contribution in [2.45, 2.75) is 112 Å². The normalized spacial score (nSPS) is 39.5. The van der Waals surface area contributed by atoms with Crippen molar-refractivity contribution in [1.82, 2.24) is 5.32 Å². The number of esters is 1. The number of hydrogen-bond donors (Lipinski definition) is 2. The van der Waals surface area contributed by atoms with Crippen LogP contribution in [0.1, 0.15) is 106 Å². The van der Waals surface area contributed by atoms with Crippen molar-refractivity contribution >= 4 is 17.7 Å². The number of ether oxygens (including phenoxy) is 1. The molecule has 0 aliphatic heterocycles. The monoisotopic (exact) mass is 505 g/mol. The number of carbonyl (C=O) groups excluding carboxylic acids is 2. The predicted octanol–water partition coefficient (Wildman–Crippen LogP) is 5.87. The molecule has 8 unspecified atom stereocenters. The average Bonchev–Trinajstić information content (AvgIpc) is 3.10. The number of aliphatic carboxylic acids is 1. The number of carbonyl (C=O) groups is 3. The molecule has 2 N–H and O–H groups in total. The van der Waals surface area contributed by atoms with Gasteiger partial charge in [-0.2, -0.15) is 0 Å². The molecule has 0 aromatic rings. The van der Waals surface area contributed by atoms with Crippen LogP contribution in [0.25, 0.3) is 0 Å². The summed E-state index contributed by atoms with van der Waals surface area (Å²) in [6.45, 7) is 14.4. The minimum absolute atomic E-state index is 0.0798. The number of carboxylic acid groups (broad SMARTS) is 1. The van der Waals surface area contributed by atoms with E-state index >= 15 is 0 Å². The van der Waals surface area contributed by atoms with Crippen LogP contribution in [0.2, 0.25) is 0 Å². The molecule has 0 spiro atoms. The standard InChI is InChI=1S/C22H36O.C8H15NO4/c1-14-9-11-21(3)16(13-14)5-6-17-19-8-7-18(15(2)23)22(19,4)12-10-20(17)21;1-8(2,3)13-7(12)5-9-4-6(10)11/h14,16-20H,5-13H2,1-4H3;9H,4-5H2,1-3H3,(H,10,11). The van der Waals surface area contributed by atoms with Crippen molar-refractivity contribution in [3.63, 3.8) is 0 Å². The molecule has 6 nitrogen and oxygen atoms in total. The second-order valence-corrected chi connectivity index (χ2v) is 13.9. The van der Waals surface area contributed by atoms with E-state index in [1.807, 2.05) is 6.92 Å². The van der Waals surface area contributed by atoms with E-state index in [-0.39, 0.29) is 13.1 Å². The number of Topliss-reactive ketones (excluding diaryl/α,β-unsaturated/α-hetero) is 1. The fraction of sp³-hybridized carbons (Fsp3) is 0.900. The summed E-state index contributed by atoms with van der Waals surface area (Å²) < 4.78 is 4.93. The largest absolute Gasteiger partial charge is 0.480 e. The molecule has 0 aromatic heterocycles. The van der Waals surface area contributed by atoms with Crippen LogP contribution in [0.3, 0.4) is 0 Å². The Morgan fingerprint density at radius 1 is 0.917 bits per heavy atom. The summed E-state index contributed by atoms with van der Waals surface area (Å²) >= 11 is 0. The zero-order chi connectivity index (χ0) is 26.9. The van der Waals surface area contributed by atoms with E-state index in [1.54, 1.807) is 20.8 Å². The number of nitrogens with one attached hydrogen (secondary N) is 1. The first-order valence-corrected chi connectivity index (χ1v) is 14.3. The first-order chi connectivity index (χ1) is 16.7. The Hall–Kier alpha value is -1.43. The molecule has 6 heteroatoms. The molecule has 0 aromatic carbocycles. The maximum atomic E-state index is 12.2. The van der Waals surface area contributed by atoms with Gasteiger partial charge in [0, 0.05) is 5.92 Å². The summed E-state index contributed by atoms with van der Waals surface area (Å²) in [6.07, 6.45) is 12.6. The van der Waals surface area contributed by atoms with E-state index in [1.165, 1.54) is 57.8 Å². The number of hydrogen-bond acceptors (Lipinski definition) is 5. The zero-order valence-electron chi connectivity index (χ0n) is 23.8. The Balaban J connectivity index is 0.000000240. The van der Waals surface area contributed by atoms with Gasteiger partial charge in [-0.3, -0.25) is 19.7 Å². The molecule has 4 aliphatic rings. The van der Waals surface area contributed by atoms with Gasteiger partial charge in [-0.1, -0.05) is 27.2 Å². The van der Waals surface area contributed by atoms with Gasteiger partial charge in [0.1, 0.15) is 11.4 Å². The van der Waals surface area contributed by atoms with Gasteiger partial charge in [-0.15, -0.1) is 0 Å². The van der Waals surface area contributed by atoms with Crippen LogP contribution in [0.5, 0.6) is 0 Å². The van der Waals surface area contributed by atoms with Gasteiger partial charge in [-0.25, -0.2) is 0 Å². The van der Waals surface area contributed by atoms with Crippen molar-refractivity contribution in [2.75, 3.05) is 13.1 Å². The Bertz CT molecular complexity index is 819. The fourth-order valence-corrected chi connectivity index (χ4v) is 8.79. The van der Waals surface area contributed by atoms with Crippen molar-refractivity contribution in [1.29, 1.82) is 0 Å². The van der Waals surface area contributed by atoms with Crippen LogP contribution in [0, 0.1) is 46.3 Å². The molecule has 4 fully saturated rings. The highest BCUT2D eigenvalue weighted by Gasteiger charge is 2.60. The second kappa shape index (κ2) is 11.1. The van der Waals surface area contributed by atoms with Crippen LogP contribution in [-0.4, -0.2) is 41.5 Å². The summed E-state index contributed by atoms with van der Waals surface area (Å²) in [6, 6.07) is 0. The summed E-state index contributed by atoms with van der Waals surface area (Å²) in [5.74, 6) is 4.05. The van der Waals surface area contributed by atoms with Crippen LogP contribution in [-0.2, 0) is 19.1 Å². The zero-order valence-corrected chi connectivity index (χ0v) is 23.8. The number of carboxylic acids is 1. The van der Waals surface area contributed by atoms with Crippen LogP contribution in [0.4, 0.5) is 0 Å². The van der Waals surface area contributed by atoms with Gasteiger partial charge in [0.05, 0.1) is 13.1 Å². The van der Waals surface area contributed by atoms with Crippen LogP contribution < -0.4 is 5.32 Å². The van der Waals surface area contributed by atoms with E-state index in [2.05, 4.69) is 26.1 Å². The third-order valence-corrected chi connectivity index (χ3v) is 10.4. The first kappa shape index (κ1) is 29.1. The minimum Gasteiger partial charge on any atom is -0.480 e. The lowest BCUT2D eigenvalue weighted by molar-refractivity contribution is -0.153. The molecule has 4 saturated carbocycles. The van der Waals surface area contributed by atoms with Gasteiger partial charge in [0.25, 0.3) is 0 Å². The molecule has 0 radical (unpaired) electrons. The van der Waals surface area contributed by atoms with E-state index in [0.29, 0.717) is 22.5 Å². The lowest BCUT2D eigenvalue weighted by Gasteiger charge is -2.61. The van der Waals surface area contributed by atoms with E-state index in [9.17, 15) is 14.4 Å². The molecule has 4 aliphatic carbocycles. The number of fused-ring (bicyclic) bond motifs is 5. The van der Waals surface area contributed by atoms with Crippen molar-refractivity contribution in [3.8, 4) is 0 Å². The highest BCUT2D eigenvalue weighted by molar-refractivity contribution is 5.79. The molecule has 0 amide bonds. The molecule has 8 atom stereocenters. The molecular weight excluding hydrogens is 454 g/mol. The quantitative estimate of drug-likeness (QED) is 0.454. The third kappa shape index (κ3) is 6.34. The summed E-state index contributed by atoms with van der Waals surface area (Å²) in [4.78, 5) is 33.2. The topological polar surface area (TPSA) is 92.7 Å². The number of ketones is 1. The fourth-order valence-electron chi connectivity index (χ4n) is 8.79. The van der Waals surface area contributed by atoms with Gasteiger partial charge < -0.3 is 9.84 Å². The molecule has 0 bridgehead atoms. The SMILES string of the molecule is CC(=O)C1CCC2C3CCC4CC(C)CCC4(C)C3CCC12C.CC(C)(C)OC(=O)CNCC(=O)O. The number of rotatable bonds is 5. The Kier molecular flexibility index (Phi) is 9.00. The molecule has 0 saturated heterocycles. The van der Waals surface area contributed by atoms with E-state index in [0.717, 1.165) is 29.6 Å². The van der Waals surface area contributed by atoms with Gasteiger partial charge in [0.2, 0.25) is 0 Å².